The molecule has 136 valence electrons. The summed E-state index contributed by atoms with van der Waals surface area (Å²) in [5.41, 5.74) is 6.58. The van der Waals surface area contributed by atoms with E-state index >= 15 is 0 Å². The third kappa shape index (κ3) is 4.68. The second kappa shape index (κ2) is 9.59. The predicted molar refractivity (Wildman–Crippen MR) is 95.4 cm³/mol. The molecule has 1 aliphatic carbocycles. The van der Waals surface area contributed by atoms with Crippen molar-refractivity contribution in [3.05, 3.63) is 17.7 Å². The Bertz CT molecular complexity index is 528. The lowest BCUT2D eigenvalue weighted by molar-refractivity contribution is -0.121. The first kappa shape index (κ1) is 20.4. The number of carbonyl (C=O) groups is 1. The molecule has 1 fully saturated rings. The quantitative estimate of drug-likeness (QED) is 0.778. The summed E-state index contributed by atoms with van der Waals surface area (Å²) in [5, 5.41) is 3.10. The number of ether oxygens (including phenoxy) is 3. The molecule has 0 radical (unpaired) electrons. The van der Waals surface area contributed by atoms with E-state index in [1.165, 1.54) is 0 Å². The van der Waals surface area contributed by atoms with Gasteiger partial charge in [-0.2, -0.15) is 0 Å². The van der Waals surface area contributed by atoms with Crippen molar-refractivity contribution in [2.45, 2.75) is 31.7 Å². The lowest BCUT2D eigenvalue weighted by Gasteiger charge is -2.20. The van der Waals surface area contributed by atoms with Crippen molar-refractivity contribution in [1.29, 1.82) is 0 Å². The van der Waals surface area contributed by atoms with E-state index in [2.05, 4.69) is 5.32 Å². The molecule has 7 heteroatoms. The maximum absolute atomic E-state index is 12.3. The highest BCUT2D eigenvalue weighted by molar-refractivity contribution is 5.85. The van der Waals surface area contributed by atoms with Crippen LogP contribution in [0.15, 0.2) is 12.1 Å². The first-order valence-corrected chi connectivity index (χ1v) is 7.91. The SMILES string of the molecule is COc1cc(CC(=O)NC2CCCC2CN)cc(OC)c1OC.Cl. The number of methoxy groups -OCH3 is 3. The molecule has 1 aliphatic rings. The molecule has 2 rings (SSSR count). The van der Waals surface area contributed by atoms with E-state index in [4.69, 9.17) is 19.9 Å². The van der Waals surface area contributed by atoms with Crippen molar-refractivity contribution >= 4 is 18.3 Å². The molecule has 0 bridgehead atoms. The van der Waals surface area contributed by atoms with Crippen molar-refractivity contribution in [3.8, 4) is 17.2 Å². The summed E-state index contributed by atoms with van der Waals surface area (Å²) in [4.78, 5) is 12.3. The highest BCUT2D eigenvalue weighted by atomic mass is 35.5. The number of rotatable bonds is 7. The molecule has 2 atom stereocenters. The molecule has 2 unspecified atom stereocenters. The number of amides is 1. The van der Waals surface area contributed by atoms with E-state index in [9.17, 15) is 4.79 Å². The average Bonchev–Trinajstić information content (AvgIpc) is 3.00. The Labute approximate surface area is 149 Å². The lowest BCUT2D eigenvalue weighted by Crippen LogP contribution is -2.40. The van der Waals surface area contributed by atoms with Gasteiger partial charge in [-0.1, -0.05) is 6.42 Å². The molecule has 1 amide bonds. The molecular weight excluding hydrogens is 332 g/mol. The average molecular weight is 359 g/mol. The van der Waals surface area contributed by atoms with Gasteiger partial charge in [0.25, 0.3) is 0 Å². The Morgan fingerprint density at radius 2 is 1.79 bits per heavy atom. The van der Waals surface area contributed by atoms with E-state index < -0.39 is 0 Å². The van der Waals surface area contributed by atoms with Crippen molar-refractivity contribution in [3.63, 3.8) is 0 Å². The zero-order chi connectivity index (χ0) is 16.8. The number of halogens is 1. The first-order valence-electron chi connectivity index (χ1n) is 7.91. The number of benzene rings is 1. The molecule has 0 spiro atoms. The van der Waals surface area contributed by atoms with Crippen LogP contribution in [0, 0.1) is 5.92 Å². The Kier molecular flexibility index (Phi) is 8.15. The summed E-state index contributed by atoms with van der Waals surface area (Å²) >= 11 is 0. The third-order valence-electron chi connectivity index (χ3n) is 4.40. The van der Waals surface area contributed by atoms with Crippen LogP contribution in [0.2, 0.25) is 0 Å². The molecule has 24 heavy (non-hydrogen) atoms. The predicted octanol–water partition coefficient (Wildman–Crippen LogP) is 1.92. The molecule has 0 saturated heterocycles. The summed E-state index contributed by atoms with van der Waals surface area (Å²) in [6.45, 7) is 0.620. The van der Waals surface area contributed by atoms with E-state index in [0.29, 0.717) is 29.7 Å². The second-order valence-corrected chi connectivity index (χ2v) is 5.81. The number of hydrogen-bond donors (Lipinski definition) is 2. The fraction of sp³-hybridized carbons (Fsp3) is 0.588. The number of carbonyl (C=O) groups excluding carboxylic acids is 1. The molecule has 6 nitrogen and oxygen atoms in total. The van der Waals surface area contributed by atoms with Gasteiger partial charge in [-0.25, -0.2) is 0 Å². The summed E-state index contributed by atoms with van der Waals surface area (Å²) in [5.74, 6) is 2.01. The van der Waals surface area contributed by atoms with Crippen molar-refractivity contribution < 1.29 is 19.0 Å². The van der Waals surface area contributed by atoms with Crippen LogP contribution in [-0.4, -0.2) is 39.8 Å². The van der Waals surface area contributed by atoms with E-state index in [-0.39, 0.29) is 30.8 Å². The Morgan fingerprint density at radius 1 is 1.17 bits per heavy atom. The van der Waals surface area contributed by atoms with Crippen LogP contribution in [0.5, 0.6) is 17.2 Å². The Morgan fingerprint density at radius 3 is 2.29 bits per heavy atom. The van der Waals surface area contributed by atoms with Gasteiger partial charge < -0.3 is 25.3 Å². The van der Waals surface area contributed by atoms with Crippen LogP contribution in [0.3, 0.4) is 0 Å². The standard InChI is InChI=1S/C17H26N2O4.ClH/c1-21-14-7-11(8-15(22-2)17(14)23-3)9-16(20)19-13-6-4-5-12(13)10-18;/h7-8,12-13H,4-6,9-10,18H2,1-3H3,(H,19,20);1H. The Balaban J connectivity index is 0.00000288. The maximum Gasteiger partial charge on any atom is 0.224 e. The van der Waals surface area contributed by atoms with E-state index in [1.807, 2.05) is 0 Å². The van der Waals surface area contributed by atoms with Crippen LogP contribution in [0.25, 0.3) is 0 Å². The molecule has 1 aromatic rings. The summed E-state index contributed by atoms with van der Waals surface area (Å²) in [6.07, 6.45) is 3.48. The minimum Gasteiger partial charge on any atom is -0.493 e. The zero-order valence-corrected chi connectivity index (χ0v) is 15.3. The van der Waals surface area contributed by atoms with Crippen LogP contribution in [0.1, 0.15) is 24.8 Å². The van der Waals surface area contributed by atoms with Crippen LogP contribution in [0.4, 0.5) is 0 Å². The van der Waals surface area contributed by atoms with Gasteiger partial charge in [-0.05, 0) is 43.0 Å². The molecule has 0 aliphatic heterocycles. The van der Waals surface area contributed by atoms with Crippen molar-refractivity contribution in [1.82, 2.24) is 5.32 Å². The molecular formula is C17H27ClN2O4. The minimum absolute atomic E-state index is 0. The lowest BCUT2D eigenvalue weighted by atomic mass is 10.0. The van der Waals surface area contributed by atoms with Crippen LogP contribution in [-0.2, 0) is 11.2 Å². The fourth-order valence-electron chi connectivity index (χ4n) is 3.19. The molecule has 3 N–H and O–H groups in total. The number of nitrogens with two attached hydrogens (primary N) is 1. The van der Waals surface area contributed by atoms with Gasteiger partial charge in [0, 0.05) is 6.04 Å². The first-order chi connectivity index (χ1) is 11.1. The van der Waals surface area contributed by atoms with Gasteiger partial charge in [0.15, 0.2) is 11.5 Å². The number of nitrogens with one attached hydrogen (secondary N) is 1. The molecule has 1 aromatic carbocycles. The third-order valence-corrected chi connectivity index (χ3v) is 4.40. The van der Waals surface area contributed by atoms with Gasteiger partial charge in [0.05, 0.1) is 27.8 Å². The van der Waals surface area contributed by atoms with Gasteiger partial charge in [-0.3, -0.25) is 4.79 Å². The Hall–Kier alpha value is -1.66. The molecule has 0 aromatic heterocycles. The smallest absolute Gasteiger partial charge is 0.224 e. The molecule has 0 heterocycles. The van der Waals surface area contributed by atoms with Gasteiger partial charge >= 0.3 is 0 Å². The summed E-state index contributed by atoms with van der Waals surface area (Å²) < 4.78 is 15.9. The normalized spacial score (nSPS) is 19.3. The highest BCUT2D eigenvalue weighted by Gasteiger charge is 2.27. The van der Waals surface area contributed by atoms with Crippen molar-refractivity contribution in [2.75, 3.05) is 27.9 Å². The van der Waals surface area contributed by atoms with Crippen LogP contribution >= 0.6 is 12.4 Å². The zero-order valence-electron chi connectivity index (χ0n) is 14.5. The maximum atomic E-state index is 12.3. The fourth-order valence-corrected chi connectivity index (χ4v) is 3.19. The van der Waals surface area contributed by atoms with Gasteiger partial charge in [-0.15, -0.1) is 12.4 Å². The summed E-state index contributed by atoms with van der Waals surface area (Å²) in [7, 11) is 4.68. The van der Waals surface area contributed by atoms with E-state index in [0.717, 1.165) is 24.8 Å². The second-order valence-electron chi connectivity index (χ2n) is 5.81. The molecule has 1 saturated carbocycles. The summed E-state index contributed by atoms with van der Waals surface area (Å²) in [6, 6.07) is 3.79. The van der Waals surface area contributed by atoms with Gasteiger partial charge in [0.1, 0.15) is 0 Å². The minimum atomic E-state index is -0.00961. The van der Waals surface area contributed by atoms with Crippen LogP contribution < -0.4 is 25.3 Å². The largest absolute Gasteiger partial charge is 0.493 e. The highest BCUT2D eigenvalue weighted by Crippen LogP contribution is 2.38. The monoisotopic (exact) mass is 358 g/mol. The number of hydrogen-bond acceptors (Lipinski definition) is 5. The van der Waals surface area contributed by atoms with Crippen molar-refractivity contribution in [2.24, 2.45) is 11.7 Å². The van der Waals surface area contributed by atoms with E-state index in [1.54, 1.807) is 33.5 Å². The van der Waals surface area contributed by atoms with Gasteiger partial charge in [0.2, 0.25) is 11.7 Å². The topological polar surface area (TPSA) is 82.8 Å².